The highest BCUT2D eigenvalue weighted by atomic mass is 19.1. The molecule has 1 heterocycles. The number of rotatable bonds is 4. The first-order valence-electron chi connectivity index (χ1n) is 4.81. The molecule has 0 spiro atoms. The van der Waals surface area contributed by atoms with E-state index >= 15 is 0 Å². The Bertz CT molecular complexity index is 321. The third kappa shape index (κ3) is 2.51. The molecule has 1 aromatic rings. The molecule has 0 aliphatic carbocycles. The maximum absolute atomic E-state index is 13.1. The lowest BCUT2D eigenvalue weighted by atomic mass is 10.1. The summed E-state index contributed by atoms with van der Waals surface area (Å²) >= 11 is 0. The fourth-order valence-corrected chi connectivity index (χ4v) is 1.49. The van der Waals surface area contributed by atoms with Crippen LogP contribution in [0.2, 0.25) is 0 Å². The Labute approximate surface area is 81.7 Å². The van der Waals surface area contributed by atoms with E-state index in [9.17, 15) is 8.78 Å². The van der Waals surface area contributed by atoms with E-state index in [0.29, 0.717) is 18.1 Å². The molecule has 3 heteroatoms. The summed E-state index contributed by atoms with van der Waals surface area (Å²) in [5.74, 6) is -0.688. The van der Waals surface area contributed by atoms with E-state index in [2.05, 4.69) is 0 Å². The molecule has 1 fully saturated rings. The maximum Gasteiger partial charge on any atom is 0.126 e. The van der Waals surface area contributed by atoms with Gasteiger partial charge in [0.25, 0.3) is 0 Å². The molecule has 0 amide bonds. The summed E-state index contributed by atoms with van der Waals surface area (Å²) in [5.41, 5.74) is 0.464. The van der Waals surface area contributed by atoms with Crippen LogP contribution in [-0.4, -0.2) is 12.7 Å². The molecular formula is C11H12F2O. The number of aryl methyl sites for hydroxylation is 1. The van der Waals surface area contributed by atoms with Gasteiger partial charge in [-0.3, -0.25) is 0 Å². The Morgan fingerprint density at radius 2 is 2.14 bits per heavy atom. The van der Waals surface area contributed by atoms with Crippen LogP contribution in [0.15, 0.2) is 18.2 Å². The van der Waals surface area contributed by atoms with Crippen molar-refractivity contribution >= 4 is 0 Å². The minimum atomic E-state index is -0.371. The number of ether oxygens (including phenoxy) is 1. The average molecular weight is 198 g/mol. The quantitative estimate of drug-likeness (QED) is 0.677. The van der Waals surface area contributed by atoms with E-state index in [1.165, 1.54) is 12.1 Å². The zero-order valence-electron chi connectivity index (χ0n) is 7.80. The summed E-state index contributed by atoms with van der Waals surface area (Å²) in [7, 11) is 0. The van der Waals surface area contributed by atoms with Crippen molar-refractivity contribution in [2.24, 2.45) is 0 Å². The monoisotopic (exact) mass is 198 g/mol. The van der Waals surface area contributed by atoms with Gasteiger partial charge < -0.3 is 4.74 Å². The predicted molar refractivity (Wildman–Crippen MR) is 49.0 cm³/mol. The lowest BCUT2D eigenvalue weighted by Crippen LogP contribution is -1.94. The van der Waals surface area contributed by atoms with Gasteiger partial charge in [-0.15, -0.1) is 0 Å². The zero-order chi connectivity index (χ0) is 9.97. The SMILES string of the molecule is Fc1ccc(F)c(CCCC2CO2)c1. The van der Waals surface area contributed by atoms with Gasteiger partial charge >= 0.3 is 0 Å². The predicted octanol–water partition coefficient (Wildman–Crippen LogP) is 2.69. The number of hydrogen-bond donors (Lipinski definition) is 0. The van der Waals surface area contributed by atoms with Crippen LogP contribution >= 0.6 is 0 Å². The van der Waals surface area contributed by atoms with Gasteiger partial charge in [0.1, 0.15) is 11.6 Å². The van der Waals surface area contributed by atoms with Crippen LogP contribution in [-0.2, 0) is 11.2 Å². The van der Waals surface area contributed by atoms with Crippen LogP contribution in [0.1, 0.15) is 18.4 Å². The van der Waals surface area contributed by atoms with Crippen molar-refractivity contribution in [3.63, 3.8) is 0 Å². The standard InChI is InChI=1S/C11H12F2O/c12-9-4-5-11(13)8(6-9)2-1-3-10-7-14-10/h4-6,10H,1-3,7H2. The summed E-state index contributed by atoms with van der Waals surface area (Å²) in [6.07, 6.45) is 2.75. The molecule has 1 atom stereocenters. The van der Waals surface area contributed by atoms with Crippen LogP contribution in [0, 0.1) is 11.6 Å². The second kappa shape index (κ2) is 4.05. The third-order valence-corrected chi connectivity index (χ3v) is 2.38. The van der Waals surface area contributed by atoms with Crippen molar-refractivity contribution in [1.82, 2.24) is 0 Å². The van der Waals surface area contributed by atoms with Crippen molar-refractivity contribution in [2.75, 3.05) is 6.61 Å². The molecule has 1 aromatic carbocycles. The molecule has 0 bridgehead atoms. The lowest BCUT2D eigenvalue weighted by molar-refractivity contribution is 0.391. The molecule has 0 aromatic heterocycles. The first-order valence-corrected chi connectivity index (χ1v) is 4.81. The molecule has 0 saturated carbocycles. The highest BCUT2D eigenvalue weighted by Gasteiger charge is 2.21. The molecule has 0 radical (unpaired) electrons. The fraction of sp³-hybridized carbons (Fsp3) is 0.455. The van der Waals surface area contributed by atoms with Crippen LogP contribution < -0.4 is 0 Å². The van der Waals surface area contributed by atoms with Crippen molar-refractivity contribution in [3.05, 3.63) is 35.4 Å². The average Bonchev–Trinajstić information content (AvgIpc) is 2.95. The summed E-state index contributed by atoms with van der Waals surface area (Å²) in [5, 5.41) is 0. The minimum absolute atomic E-state index is 0.317. The van der Waals surface area contributed by atoms with E-state index in [1.54, 1.807) is 0 Å². The number of epoxide rings is 1. The van der Waals surface area contributed by atoms with Crippen molar-refractivity contribution in [2.45, 2.75) is 25.4 Å². The van der Waals surface area contributed by atoms with Gasteiger partial charge in [0.15, 0.2) is 0 Å². The molecule has 1 unspecified atom stereocenters. The first kappa shape index (κ1) is 9.59. The number of halogens is 2. The van der Waals surface area contributed by atoms with Gasteiger partial charge in [-0.05, 0) is 43.0 Å². The van der Waals surface area contributed by atoms with Gasteiger partial charge in [-0.1, -0.05) is 0 Å². The highest BCUT2D eigenvalue weighted by Crippen LogP contribution is 2.18. The van der Waals surface area contributed by atoms with E-state index in [1.807, 2.05) is 0 Å². The first-order chi connectivity index (χ1) is 6.75. The van der Waals surface area contributed by atoms with Gasteiger partial charge in [0, 0.05) is 0 Å². The van der Waals surface area contributed by atoms with Gasteiger partial charge in [0.05, 0.1) is 12.7 Å². The second-order valence-electron chi connectivity index (χ2n) is 3.58. The van der Waals surface area contributed by atoms with Crippen molar-refractivity contribution in [3.8, 4) is 0 Å². The van der Waals surface area contributed by atoms with E-state index in [-0.39, 0.29) is 11.6 Å². The smallest absolute Gasteiger partial charge is 0.126 e. The molecule has 14 heavy (non-hydrogen) atoms. The number of benzene rings is 1. The van der Waals surface area contributed by atoms with Crippen molar-refractivity contribution in [1.29, 1.82) is 0 Å². The van der Waals surface area contributed by atoms with Crippen LogP contribution in [0.3, 0.4) is 0 Å². The normalized spacial score (nSPS) is 19.7. The fourth-order valence-electron chi connectivity index (χ4n) is 1.49. The maximum atomic E-state index is 13.1. The van der Waals surface area contributed by atoms with E-state index in [4.69, 9.17) is 4.74 Å². The van der Waals surface area contributed by atoms with Gasteiger partial charge in [-0.2, -0.15) is 0 Å². The summed E-state index contributed by atoms with van der Waals surface area (Å²) in [6.45, 7) is 0.825. The third-order valence-electron chi connectivity index (χ3n) is 2.38. The Morgan fingerprint density at radius 1 is 1.36 bits per heavy atom. The van der Waals surface area contributed by atoms with E-state index < -0.39 is 0 Å². The number of hydrogen-bond acceptors (Lipinski definition) is 1. The summed E-state index contributed by atoms with van der Waals surface area (Å²) in [4.78, 5) is 0. The Kier molecular flexibility index (Phi) is 2.77. The van der Waals surface area contributed by atoms with Crippen molar-refractivity contribution < 1.29 is 13.5 Å². The molecule has 1 saturated heterocycles. The second-order valence-corrected chi connectivity index (χ2v) is 3.58. The summed E-state index contributed by atoms with van der Waals surface area (Å²) in [6, 6.07) is 3.59. The molecule has 0 N–H and O–H groups in total. The van der Waals surface area contributed by atoms with E-state index in [0.717, 1.165) is 25.5 Å². The van der Waals surface area contributed by atoms with Crippen LogP contribution in [0.5, 0.6) is 0 Å². The Balaban J connectivity index is 1.89. The highest BCUT2D eigenvalue weighted by molar-refractivity contribution is 5.18. The Hall–Kier alpha value is -0.960. The lowest BCUT2D eigenvalue weighted by Gasteiger charge is -2.02. The largest absolute Gasteiger partial charge is 0.373 e. The van der Waals surface area contributed by atoms with Gasteiger partial charge in [-0.25, -0.2) is 8.78 Å². The molecule has 76 valence electrons. The van der Waals surface area contributed by atoms with Gasteiger partial charge in [0.2, 0.25) is 0 Å². The van der Waals surface area contributed by atoms with Crippen LogP contribution in [0.4, 0.5) is 8.78 Å². The topological polar surface area (TPSA) is 12.5 Å². The summed E-state index contributed by atoms with van der Waals surface area (Å²) < 4.78 is 30.9. The molecule has 1 nitrogen and oxygen atoms in total. The molecular weight excluding hydrogens is 186 g/mol. The molecule has 2 rings (SSSR count). The molecule has 1 aliphatic heterocycles. The zero-order valence-corrected chi connectivity index (χ0v) is 7.80. The Morgan fingerprint density at radius 3 is 2.86 bits per heavy atom. The van der Waals surface area contributed by atoms with Crippen LogP contribution in [0.25, 0.3) is 0 Å². The minimum Gasteiger partial charge on any atom is -0.373 e. The molecule has 1 aliphatic rings.